The van der Waals surface area contributed by atoms with Crippen molar-refractivity contribution in [2.75, 3.05) is 23.0 Å². The normalized spacial score (nSPS) is 23.6. The van der Waals surface area contributed by atoms with E-state index in [0.29, 0.717) is 18.7 Å². The molecule has 1 aromatic carbocycles. The topological polar surface area (TPSA) is 83.0 Å². The number of aliphatic hydroxyl groups excluding tert-OH is 1. The summed E-state index contributed by atoms with van der Waals surface area (Å²) in [5, 5.41) is 9.44. The number of cyclic esters (lactones) is 1. The quantitative estimate of drug-likeness (QED) is 0.901. The summed E-state index contributed by atoms with van der Waals surface area (Å²) in [7, 11) is 0. The molecule has 2 unspecified atom stereocenters. The highest BCUT2D eigenvalue weighted by atomic mass is 16.6. The molecule has 0 saturated carbocycles. The molecular formula is C20H19N3O4. The summed E-state index contributed by atoms with van der Waals surface area (Å²) < 4.78 is 5.21. The maximum absolute atomic E-state index is 12.1. The summed E-state index contributed by atoms with van der Waals surface area (Å²) >= 11 is 0. The Hall–Kier alpha value is -2.93. The number of aromatic nitrogens is 1. The Morgan fingerprint density at radius 2 is 2.04 bits per heavy atom. The van der Waals surface area contributed by atoms with E-state index in [0.717, 1.165) is 35.3 Å². The van der Waals surface area contributed by atoms with Crippen molar-refractivity contribution in [2.45, 2.75) is 31.4 Å². The SMILES string of the molecule is O=C1CCCN1c1ccc(-c2ccc3c(c2)CC2C(CO)OC(=O)N32)cn1. The lowest BCUT2D eigenvalue weighted by Gasteiger charge is -2.15. The molecule has 2 fully saturated rings. The number of benzene rings is 1. The first-order valence-corrected chi connectivity index (χ1v) is 9.16. The molecule has 3 aliphatic heterocycles. The molecule has 0 bridgehead atoms. The molecule has 2 saturated heterocycles. The molecule has 2 aromatic rings. The van der Waals surface area contributed by atoms with Crippen LogP contribution in [0.25, 0.3) is 11.1 Å². The lowest BCUT2D eigenvalue weighted by molar-refractivity contribution is -0.117. The predicted molar refractivity (Wildman–Crippen MR) is 98.6 cm³/mol. The molecule has 7 heteroatoms. The molecular weight excluding hydrogens is 346 g/mol. The third-order valence-corrected chi connectivity index (χ3v) is 5.59. The Labute approximate surface area is 156 Å². The largest absolute Gasteiger partial charge is 0.441 e. The monoisotopic (exact) mass is 365 g/mol. The Morgan fingerprint density at radius 1 is 1.19 bits per heavy atom. The number of ether oxygens (including phenoxy) is 1. The van der Waals surface area contributed by atoms with Crippen molar-refractivity contribution in [2.24, 2.45) is 0 Å². The van der Waals surface area contributed by atoms with Gasteiger partial charge >= 0.3 is 6.09 Å². The number of hydrogen-bond donors (Lipinski definition) is 1. The van der Waals surface area contributed by atoms with Crippen molar-refractivity contribution in [3.63, 3.8) is 0 Å². The number of nitrogens with zero attached hydrogens (tertiary/aromatic N) is 3. The van der Waals surface area contributed by atoms with E-state index in [9.17, 15) is 14.7 Å². The van der Waals surface area contributed by atoms with Crippen LogP contribution in [0.1, 0.15) is 18.4 Å². The van der Waals surface area contributed by atoms with Crippen LogP contribution in [0, 0.1) is 0 Å². The fourth-order valence-corrected chi connectivity index (χ4v) is 4.22. The van der Waals surface area contributed by atoms with Crippen molar-refractivity contribution in [3.8, 4) is 11.1 Å². The Morgan fingerprint density at radius 3 is 2.74 bits per heavy atom. The zero-order valence-electron chi connectivity index (χ0n) is 14.7. The summed E-state index contributed by atoms with van der Waals surface area (Å²) in [5.74, 6) is 0.815. The maximum atomic E-state index is 12.1. The Bertz CT molecular complexity index is 927. The number of hydrogen-bond acceptors (Lipinski definition) is 5. The van der Waals surface area contributed by atoms with Crippen molar-refractivity contribution in [1.29, 1.82) is 0 Å². The standard InChI is InChI=1S/C20H19N3O4/c24-11-17-16-9-14-8-12(3-5-15(14)23(16)20(26)27-17)13-4-6-18(21-10-13)22-7-1-2-19(22)25/h3-6,8,10,16-17,24H,1-2,7,9,11H2. The average molecular weight is 365 g/mol. The molecule has 2 amide bonds. The van der Waals surface area contributed by atoms with E-state index < -0.39 is 12.2 Å². The molecule has 138 valence electrons. The summed E-state index contributed by atoms with van der Waals surface area (Å²) in [6, 6.07) is 9.64. The molecule has 3 aliphatic rings. The second kappa shape index (κ2) is 6.06. The van der Waals surface area contributed by atoms with E-state index in [2.05, 4.69) is 11.1 Å². The minimum Gasteiger partial charge on any atom is -0.441 e. The lowest BCUT2D eigenvalue weighted by Crippen LogP contribution is -2.34. The second-order valence-electron chi connectivity index (χ2n) is 7.14. The summed E-state index contributed by atoms with van der Waals surface area (Å²) in [4.78, 5) is 31.8. The van der Waals surface area contributed by atoms with Crippen LogP contribution in [0.4, 0.5) is 16.3 Å². The molecule has 27 heavy (non-hydrogen) atoms. The van der Waals surface area contributed by atoms with E-state index in [-0.39, 0.29) is 18.6 Å². The highest BCUT2D eigenvalue weighted by Crippen LogP contribution is 2.40. The van der Waals surface area contributed by atoms with Gasteiger partial charge in [0.15, 0.2) is 0 Å². The van der Waals surface area contributed by atoms with Crippen molar-refractivity contribution >= 4 is 23.5 Å². The van der Waals surface area contributed by atoms with Crippen molar-refractivity contribution in [1.82, 2.24) is 4.98 Å². The van der Waals surface area contributed by atoms with Gasteiger partial charge in [0.2, 0.25) is 5.91 Å². The van der Waals surface area contributed by atoms with Gasteiger partial charge in [0.1, 0.15) is 11.9 Å². The minimum absolute atomic E-state index is 0.124. The maximum Gasteiger partial charge on any atom is 0.415 e. The van der Waals surface area contributed by atoms with Crippen LogP contribution in [0.5, 0.6) is 0 Å². The first kappa shape index (κ1) is 16.3. The Kier molecular flexibility index (Phi) is 3.65. The van der Waals surface area contributed by atoms with Crippen LogP contribution >= 0.6 is 0 Å². The highest BCUT2D eigenvalue weighted by Gasteiger charge is 2.47. The zero-order valence-corrected chi connectivity index (χ0v) is 14.7. The fraction of sp³-hybridized carbons (Fsp3) is 0.350. The lowest BCUT2D eigenvalue weighted by atomic mass is 10.0. The molecule has 4 heterocycles. The van der Waals surface area contributed by atoms with Gasteiger partial charge in [-0.05, 0) is 48.2 Å². The minimum atomic E-state index is -0.479. The van der Waals surface area contributed by atoms with Gasteiger partial charge in [-0.3, -0.25) is 14.6 Å². The van der Waals surface area contributed by atoms with Gasteiger partial charge in [0, 0.05) is 24.7 Å². The van der Waals surface area contributed by atoms with Crippen LogP contribution in [0.15, 0.2) is 36.5 Å². The van der Waals surface area contributed by atoms with E-state index in [1.54, 1.807) is 16.0 Å². The van der Waals surface area contributed by atoms with Crippen LogP contribution in [-0.4, -0.2) is 47.4 Å². The van der Waals surface area contributed by atoms with E-state index in [4.69, 9.17) is 4.74 Å². The smallest absolute Gasteiger partial charge is 0.415 e. The number of pyridine rings is 1. The van der Waals surface area contributed by atoms with Crippen LogP contribution in [0.3, 0.4) is 0 Å². The first-order valence-electron chi connectivity index (χ1n) is 9.16. The number of rotatable bonds is 3. The summed E-state index contributed by atoms with van der Waals surface area (Å²) in [5.41, 5.74) is 3.88. The second-order valence-corrected chi connectivity index (χ2v) is 7.14. The van der Waals surface area contributed by atoms with E-state index in [1.807, 2.05) is 24.3 Å². The number of carbonyl (C=O) groups excluding carboxylic acids is 2. The van der Waals surface area contributed by atoms with E-state index >= 15 is 0 Å². The summed E-state index contributed by atoms with van der Waals surface area (Å²) in [6.45, 7) is 0.553. The van der Waals surface area contributed by atoms with Crippen molar-refractivity contribution < 1.29 is 19.4 Å². The zero-order chi connectivity index (χ0) is 18.5. The first-order chi connectivity index (χ1) is 13.2. The third-order valence-electron chi connectivity index (χ3n) is 5.59. The third kappa shape index (κ3) is 2.49. The Balaban J connectivity index is 1.43. The number of carbonyl (C=O) groups is 2. The van der Waals surface area contributed by atoms with Gasteiger partial charge in [-0.15, -0.1) is 0 Å². The number of amides is 2. The van der Waals surface area contributed by atoms with Gasteiger partial charge in [0.25, 0.3) is 0 Å². The molecule has 7 nitrogen and oxygen atoms in total. The number of anilines is 2. The number of aliphatic hydroxyl groups is 1. The molecule has 0 spiro atoms. The molecule has 5 rings (SSSR count). The van der Waals surface area contributed by atoms with Crippen LogP contribution < -0.4 is 9.80 Å². The van der Waals surface area contributed by atoms with Gasteiger partial charge in [-0.2, -0.15) is 0 Å². The molecule has 0 aliphatic carbocycles. The van der Waals surface area contributed by atoms with E-state index in [1.165, 1.54) is 0 Å². The van der Waals surface area contributed by atoms with Crippen LogP contribution in [0.2, 0.25) is 0 Å². The van der Waals surface area contributed by atoms with Crippen LogP contribution in [-0.2, 0) is 16.0 Å². The van der Waals surface area contributed by atoms with Crippen molar-refractivity contribution in [3.05, 3.63) is 42.1 Å². The molecule has 1 N–H and O–H groups in total. The average Bonchev–Trinajstić information content (AvgIpc) is 3.36. The molecule has 0 radical (unpaired) electrons. The molecule has 1 aromatic heterocycles. The molecule has 2 atom stereocenters. The van der Waals surface area contributed by atoms with Gasteiger partial charge in [-0.25, -0.2) is 9.78 Å². The van der Waals surface area contributed by atoms with Gasteiger partial charge in [-0.1, -0.05) is 6.07 Å². The van der Waals surface area contributed by atoms with Gasteiger partial charge in [0.05, 0.1) is 18.3 Å². The van der Waals surface area contributed by atoms with Gasteiger partial charge < -0.3 is 9.84 Å². The predicted octanol–water partition coefficient (Wildman–Crippen LogP) is 2.12. The number of fused-ring (bicyclic) bond motifs is 3. The fourth-order valence-electron chi connectivity index (χ4n) is 4.22. The highest BCUT2D eigenvalue weighted by molar-refractivity contribution is 5.95. The summed E-state index contributed by atoms with van der Waals surface area (Å²) in [6.07, 6.45) is 3.03.